The summed E-state index contributed by atoms with van der Waals surface area (Å²) in [4.78, 5) is 3.59. The Morgan fingerprint density at radius 1 is 1.33 bits per heavy atom. The summed E-state index contributed by atoms with van der Waals surface area (Å²) in [6.45, 7) is 2.96. The molecule has 5 nitrogen and oxygen atoms in total. The van der Waals surface area contributed by atoms with Crippen molar-refractivity contribution >= 4 is 15.5 Å². The molecule has 0 saturated heterocycles. The third kappa shape index (κ3) is 3.21. The fourth-order valence-electron chi connectivity index (χ4n) is 1.92. The van der Waals surface area contributed by atoms with E-state index >= 15 is 0 Å². The highest BCUT2D eigenvalue weighted by Crippen LogP contribution is 2.26. The maximum Gasteiger partial charge on any atom is 0.341 e. The molecule has 0 saturated carbocycles. The summed E-state index contributed by atoms with van der Waals surface area (Å²) < 4.78 is 50.5. The number of sulfone groups is 1. The molecule has 1 heterocycles. The zero-order chi connectivity index (χ0) is 15.5. The lowest BCUT2D eigenvalue weighted by Gasteiger charge is -2.12. The van der Waals surface area contributed by atoms with Crippen molar-refractivity contribution in [3.63, 3.8) is 0 Å². The molecule has 1 aromatic carbocycles. The number of benzene rings is 1. The Hall–Kier alpha value is -1.96. The van der Waals surface area contributed by atoms with Crippen molar-refractivity contribution < 1.29 is 17.2 Å². The van der Waals surface area contributed by atoms with Gasteiger partial charge in [-0.2, -0.15) is 8.78 Å². The van der Waals surface area contributed by atoms with Crippen LogP contribution in [0.4, 0.5) is 14.5 Å². The van der Waals surface area contributed by atoms with Crippen molar-refractivity contribution in [3.8, 4) is 0 Å². The molecular formula is C13H15F2N3O2S. The van der Waals surface area contributed by atoms with E-state index in [2.05, 4.69) is 10.3 Å². The molecule has 0 aliphatic rings. The Kier molecular flexibility index (Phi) is 4.56. The van der Waals surface area contributed by atoms with E-state index in [1.54, 1.807) is 18.6 Å². The number of rotatable bonds is 6. The molecule has 8 heteroatoms. The molecule has 0 amide bonds. The molecule has 0 fully saturated rings. The first-order valence-corrected chi connectivity index (χ1v) is 7.85. The molecule has 2 aromatic rings. The topological polar surface area (TPSA) is 64.0 Å². The number of para-hydroxylation sites is 1. The largest absolute Gasteiger partial charge is 0.378 e. The Morgan fingerprint density at radius 3 is 2.71 bits per heavy atom. The van der Waals surface area contributed by atoms with Gasteiger partial charge >= 0.3 is 5.76 Å². The molecule has 0 spiro atoms. The number of hydrogen-bond donors (Lipinski definition) is 1. The molecule has 114 valence electrons. The molecule has 0 bridgehead atoms. The van der Waals surface area contributed by atoms with E-state index in [-0.39, 0.29) is 5.69 Å². The van der Waals surface area contributed by atoms with Crippen LogP contribution in [0.3, 0.4) is 0 Å². The van der Waals surface area contributed by atoms with Gasteiger partial charge in [-0.3, -0.25) is 0 Å². The lowest BCUT2D eigenvalue weighted by Crippen LogP contribution is -2.14. The highest BCUT2D eigenvalue weighted by molar-refractivity contribution is 7.91. The fourth-order valence-corrected chi connectivity index (χ4v) is 2.83. The fraction of sp³-hybridized carbons (Fsp3) is 0.308. The minimum atomic E-state index is -4.63. The van der Waals surface area contributed by atoms with Crippen LogP contribution >= 0.6 is 0 Å². The predicted molar refractivity (Wildman–Crippen MR) is 74.9 cm³/mol. The van der Waals surface area contributed by atoms with E-state index in [1.807, 2.05) is 11.5 Å². The third-order valence-electron chi connectivity index (χ3n) is 3.03. The summed E-state index contributed by atoms with van der Waals surface area (Å²) in [5.41, 5.74) is 0.989. The van der Waals surface area contributed by atoms with E-state index in [0.717, 1.165) is 5.69 Å². The predicted octanol–water partition coefficient (Wildman–Crippen LogP) is 2.51. The molecule has 0 radical (unpaired) electrons. The summed E-state index contributed by atoms with van der Waals surface area (Å²) in [7, 11) is -4.63. The molecule has 0 aliphatic carbocycles. The quantitative estimate of drug-likeness (QED) is 0.889. The third-order valence-corrected chi connectivity index (χ3v) is 4.47. The second-order valence-electron chi connectivity index (χ2n) is 4.33. The highest BCUT2D eigenvalue weighted by Gasteiger charge is 2.28. The second kappa shape index (κ2) is 6.21. The number of nitrogens with one attached hydrogen (secondary N) is 1. The van der Waals surface area contributed by atoms with E-state index in [1.165, 1.54) is 18.2 Å². The smallest absolute Gasteiger partial charge is 0.341 e. The number of aromatic nitrogens is 2. The zero-order valence-corrected chi connectivity index (χ0v) is 12.1. The number of hydrogen-bond acceptors (Lipinski definition) is 4. The maximum absolute atomic E-state index is 12.7. The number of nitrogens with zero attached hydrogens (tertiary/aromatic N) is 2. The van der Waals surface area contributed by atoms with Crippen LogP contribution in [-0.2, 0) is 22.9 Å². The molecule has 0 unspecified atom stereocenters. The normalized spacial score (nSPS) is 11.8. The molecule has 1 N–H and O–H groups in total. The summed E-state index contributed by atoms with van der Waals surface area (Å²) in [5.74, 6) is -3.44. The van der Waals surface area contributed by atoms with Crippen LogP contribution < -0.4 is 5.32 Å². The minimum absolute atomic E-state index is 0.154. The lowest BCUT2D eigenvalue weighted by atomic mass is 10.3. The molecular weight excluding hydrogens is 300 g/mol. The van der Waals surface area contributed by atoms with Gasteiger partial charge in [0.15, 0.2) is 0 Å². The minimum Gasteiger partial charge on any atom is -0.378 e. The van der Waals surface area contributed by atoms with Crippen molar-refractivity contribution in [1.29, 1.82) is 0 Å². The molecule has 21 heavy (non-hydrogen) atoms. The average Bonchev–Trinajstić information content (AvgIpc) is 2.92. The van der Waals surface area contributed by atoms with Crippen LogP contribution in [0.1, 0.15) is 12.6 Å². The van der Waals surface area contributed by atoms with E-state index in [4.69, 9.17) is 0 Å². The van der Waals surface area contributed by atoms with Gasteiger partial charge in [0.1, 0.15) is 0 Å². The van der Waals surface area contributed by atoms with Gasteiger partial charge in [-0.25, -0.2) is 13.4 Å². The Bertz CT molecular complexity index is 714. The van der Waals surface area contributed by atoms with Crippen LogP contribution in [0.2, 0.25) is 0 Å². The van der Waals surface area contributed by atoms with Crippen molar-refractivity contribution in [2.45, 2.75) is 30.7 Å². The molecule has 0 atom stereocenters. The van der Waals surface area contributed by atoms with Crippen LogP contribution in [0.25, 0.3) is 0 Å². The van der Waals surface area contributed by atoms with Crippen LogP contribution in [-0.4, -0.2) is 23.7 Å². The van der Waals surface area contributed by atoms with Crippen molar-refractivity contribution in [2.24, 2.45) is 0 Å². The van der Waals surface area contributed by atoms with Gasteiger partial charge in [0, 0.05) is 12.7 Å². The van der Waals surface area contributed by atoms with E-state index < -0.39 is 20.5 Å². The van der Waals surface area contributed by atoms with Crippen LogP contribution in [0, 0.1) is 0 Å². The first-order chi connectivity index (χ1) is 9.96. The first-order valence-electron chi connectivity index (χ1n) is 6.30. The molecule has 1 aromatic heterocycles. The van der Waals surface area contributed by atoms with Gasteiger partial charge in [-0.1, -0.05) is 12.1 Å². The zero-order valence-electron chi connectivity index (χ0n) is 11.3. The van der Waals surface area contributed by atoms with Crippen molar-refractivity contribution in [3.05, 3.63) is 42.5 Å². The Labute approximate surface area is 121 Å². The SMILES string of the molecule is CCn1cncc1CNc1ccccc1S(=O)(=O)C(F)F. The number of aryl methyl sites for hydroxylation is 1. The van der Waals surface area contributed by atoms with Gasteiger partial charge in [0.05, 0.1) is 29.1 Å². The maximum atomic E-state index is 12.7. The van der Waals surface area contributed by atoms with Crippen molar-refractivity contribution in [2.75, 3.05) is 5.32 Å². The summed E-state index contributed by atoms with van der Waals surface area (Å²) in [6, 6.07) is 5.63. The van der Waals surface area contributed by atoms with Gasteiger partial charge in [0.25, 0.3) is 0 Å². The van der Waals surface area contributed by atoms with Crippen LogP contribution in [0.5, 0.6) is 0 Å². The lowest BCUT2D eigenvalue weighted by molar-refractivity contribution is 0.235. The number of halogens is 2. The van der Waals surface area contributed by atoms with Gasteiger partial charge < -0.3 is 9.88 Å². The summed E-state index contributed by atoms with van der Waals surface area (Å²) in [6.07, 6.45) is 3.29. The van der Waals surface area contributed by atoms with E-state index in [9.17, 15) is 17.2 Å². The van der Waals surface area contributed by atoms with E-state index in [0.29, 0.717) is 13.1 Å². The first kappa shape index (κ1) is 15.4. The summed E-state index contributed by atoms with van der Waals surface area (Å²) in [5, 5.41) is 2.88. The standard InChI is InChI=1S/C13H15F2N3O2S/c1-2-18-9-16-7-10(18)8-17-11-5-3-4-6-12(11)21(19,20)13(14)15/h3-7,9,13,17H,2,8H2,1H3. The monoisotopic (exact) mass is 315 g/mol. The molecule has 2 rings (SSSR count). The van der Waals surface area contributed by atoms with Gasteiger partial charge in [-0.05, 0) is 19.1 Å². The average molecular weight is 315 g/mol. The Balaban J connectivity index is 2.26. The number of alkyl halides is 2. The van der Waals surface area contributed by atoms with Gasteiger partial charge in [0.2, 0.25) is 9.84 Å². The van der Waals surface area contributed by atoms with Crippen molar-refractivity contribution in [1.82, 2.24) is 9.55 Å². The highest BCUT2D eigenvalue weighted by atomic mass is 32.2. The summed E-state index contributed by atoms with van der Waals surface area (Å²) >= 11 is 0. The second-order valence-corrected chi connectivity index (χ2v) is 6.21. The van der Waals surface area contributed by atoms with Crippen LogP contribution in [0.15, 0.2) is 41.7 Å². The number of anilines is 1. The molecule has 0 aliphatic heterocycles. The Morgan fingerprint density at radius 2 is 2.05 bits per heavy atom. The number of imidazole rings is 1. The van der Waals surface area contributed by atoms with Gasteiger partial charge in [-0.15, -0.1) is 0 Å².